The van der Waals surface area contributed by atoms with E-state index in [1.165, 1.54) is 16.9 Å². The summed E-state index contributed by atoms with van der Waals surface area (Å²) in [5, 5.41) is 11.2. The molecule has 0 fully saturated rings. The van der Waals surface area contributed by atoms with E-state index in [4.69, 9.17) is 4.98 Å². The number of benzene rings is 1. The molecule has 0 saturated heterocycles. The SMILES string of the molecule is CCn1nc(NC(=O)c2cccs2)c2cc3ccc(C)cc3nc21. The van der Waals surface area contributed by atoms with Gasteiger partial charge in [-0.2, -0.15) is 5.10 Å². The second kappa shape index (κ2) is 5.72. The minimum absolute atomic E-state index is 0.142. The Morgan fingerprint density at radius 3 is 2.92 bits per heavy atom. The van der Waals surface area contributed by atoms with Crippen molar-refractivity contribution >= 4 is 45.0 Å². The lowest BCUT2D eigenvalue weighted by molar-refractivity contribution is 0.103. The quantitative estimate of drug-likeness (QED) is 0.609. The Bertz CT molecular complexity index is 1050. The van der Waals surface area contributed by atoms with Crippen LogP contribution in [0.2, 0.25) is 0 Å². The summed E-state index contributed by atoms with van der Waals surface area (Å²) in [6.07, 6.45) is 0. The molecule has 4 rings (SSSR count). The number of rotatable bonds is 3. The first-order valence-electron chi connectivity index (χ1n) is 7.78. The van der Waals surface area contributed by atoms with E-state index >= 15 is 0 Å². The van der Waals surface area contributed by atoms with Crippen LogP contribution in [0.5, 0.6) is 0 Å². The number of nitrogens with one attached hydrogen (secondary N) is 1. The normalized spacial score (nSPS) is 11.2. The minimum atomic E-state index is -0.142. The van der Waals surface area contributed by atoms with Crippen LogP contribution in [0.1, 0.15) is 22.2 Å². The van der Waals surface area contributed by atoms with Crippen molar-refractivity contribution in [2.75, 3.05) is 5.32 Å². The Labute approximate surface area is 142 Å². The van der Waals surface area contributed by atoms with Gasteiger partial charge < -0.3 is 5.32 Å². The molecule has 0 saturated carbocycles. The van der Waals surface area contributed by atoms with Crippen molar-refractivity contribution < 1.29 is 4.79 Å². The van der Waals surface area contributed by atoms with Gasteiger partial charge in [0.2, 0.25) is 0 Å². The molecular formula is C18H16N4OS. The molecule has 0 aliphatic heterocycles. The lowest BCUT2D eigenvalue weighted by atomic mass is 10.1. The van der Waals surface area contributed by atoms with Crippen molar-refractivity contribution in [3.63, 3.8) is 0 Å². The van der Waals surface area contributed by atoms with Gasteiger partial charge in [-0.3, -0.25) is 4.79 Å². The van der Waals surface area contributed by atoms with Crippen LogP contribution in [0.4, 0.5) is 5.82 Å². The van der Waals surface area contributed by atoms with E-state index in [1.54, 1.807) is 6.07 Å². The summed E-state index contributed by atoms with van der Waals surface area (Å²) in [5.41, 5.74) is 2.90. The molecule has 0 aliphatic carbocycles. The molecule has 1 N–H and O–H groups in total. The largest absolute Gasteiger partial charge is 0.304 e. The Morgan fingerprint density at radius 1 is 1.29 bits per heavy atom. The molecule has 1 amide bonds. The number of nitrogens with zero attached hydrogens (tertiary/aromatic N) is 3. The number of aromatic nitrogens is 3. The predicted molar refractivity (Wildman–Crippen MR) is 97.7 cm³/mol. The predicted octanol–water partition coefficient (Wildman–Crippen LogP) is 4.23. The van der Waals surface area contributed by atoms with Crippen LogP contribution in [0.3, 0.4) is 0 Å². The summed E-state index contributed by atoms with van der Waals surface area (Å²) in [4.78, 5) is 17.8. The van der Waals surface area contributed by atoms with Crippen molar-refractivity contribution in [3.8, 4) is 0 Å². The third kappa shape index (κ3) is 2.45. The van der Waals surface area contributed by atoms with Gasteiger partial charge in [-0.15, -0.1) is 11.3 Å². The number of amides is 1. The molecule has 0 aliphatic rings. The fourth-order valence-corrected chi connectivity index (χ4v) is 3.37. The van der Waals surface area contributed by atoms with Crippen molar-refractivity contribution in [1.29, 1.82) is 0 Å². The van der Waals surface area contributed by atoms with Crippen LogP contribution in [0, 0.1) is 6.92 Å². The van der Waals surface area contributed by atoms with Gasteiger partial charge in [0.1, 0.15) is 0 Å². The van der Waals surface area contributed by atoms with Crippen molar-refractivity contribution in [2.45, 2.75) is 20.4 Å². The number of thiophene rings is 1. The molecule has 1 aromatic carbocycles. The van der Waals surface area contributed by atoms with Crippen molar-refractivity contribution in [1.82, 2.24) is 14.8 Å². The zero-order valence-corrected chi connectivity index (χ0v) is 14.2. The van der Waals surface area contributed by atoms with Gasteiger partial charge >= 0.3 is 0 Å². The first-order valence-corrected chi connectivity index (χ1v) is 8.66. The van der Waals surface area contributed by atoms with Crippen LogP contribution >= 0.6 is 11.3 Å². The molecule has 5 nitrogen and oxygen atoms in total. The molecule has 6 heteroatoms. The number of carbonyl (C=O) groups is 1. The van der Waals surface area contributed by atoms with E-state index in [0.29, 0.717) is 17.2 Å². The number of aryl methyl sites for hydroxylation is 2. The zero-order chi connectivity index (χ0) is 16.7. The fraction of sp³-hybridized carbons (Fsp3) is 0.167. The standard InChI is InChI=1S/C18H16N4OS/c1-3-22-17-13(10-12-7-6-11(2)9-14(12)19-17)16(21-22)20-18(23)15-5-4-8-24-15/h4-10H,3H2,1-2H3,(H,20,21,23). The van der Waals surface area contributed by atoms with Gasteiger partial charge in [-0.1, -0.05) is 18.2 Å². The van der Waals surface area contributed by atoms with Crippen LogP contribution in [-0.4, -0.2) is 20.7 Å². The molecule has 0 spiro atoms. The Morgan fingerprint density at radius 2 is 2.17 bits per heavy atom. The molecule has 0 atom stereocenters. The number of pyridine rings is 1. The molecule has 0 unspecified atom stereocenters. The number of carbonyl (C=O) groups excluding carboxylic acids is 1. The first-order chi connectivity index (χ1) is 11.7. The second-order valence-electron chi connectivity index (χ2n) is 5.65. The Balaban J connectivity index is 1.86. The van der Waals surface area contributed by atoms with E-state index < -0.39 is 0 Å². The molecule has 0 bridgehead atoms. The maximum Gasteiger partial charge on any atom is 0.266 e. The van der Waals surface area contributed by atoms with E-state index in [1.807, 2.05) is 35.2 Å². The average molecular weight is 336 g/mol. The molecule has 24 heavy (non-hydrogen) atoms. The van der Waals surface area contributed by atoms with Gasteiger partial charge in [-0.25, -0.2) is 9.67 Å². The lowest BCUT2D eigenvalue weighted by Crippen LogP contribution is -2.11. The number of hydrogen-bond acceptors (Lipinski definition) is 4. The molecule has 120 valence electrons. The third-order valence-corrected chi connectivity index (χ3v) is 4.82. The molecule has 0 radical (unpaired) electrons. The Hall–Kier alpha value is -2.73. The molecule has 4 aromatic rings. The van der Waals surface area contributed by atoms with E-state index in [-0.39, 0.29) is 5.91 Å². The van der Waals surface area contributed by atoms with E-state index in [9.17, 15) is 4.79 Å². The van der Waals surface area contributed by atoms with Gasteiger partial charge in [0.05, 0.1) is 15.8 Å². The summed E-state index contributed by atoms with van der Waals surface area (Å²) in [7, 11) is 0. The van der Waals surface area contributed by atoms with Gasteiger partial charge in [0, 0.05) is 11.9 Å². The topological polar surface area (TPSA) is 59.8 Å². The number of hydrogen-bond donors (Lipinski definition) is 1. The van der Waals surface area contributed by atoms with Crippen molar-refractivity contribution in [3.05, 3.63) is 52.2 Å². The van der Waals surface area contributed by atoms with Crippen LogP contribution in [-0.2, 0) is 6.54 Å². The number of anilines is 1. The summed E-state index contributed by atoms with van der Waals surface area (Å²) < 4.78 is 1.82. The smallest absolute Gasteiger partial charge is 0.266 e. The monoisotopic (exact) mass is 336 g/mol. The zero-order valence-electron chi connectivity index (χ0n) is 13.4. The van der Waals surface area contributed by atoms with Gasteiger partial charge in [-0.05, 0) is 43.0 Å². The molecule has 3 heterocycles. The van der Waals surface area contributed by atoms with Crippen molar-refractivity contribution in [2.24, 2.45) is 0 Å². The maximum atomic E-state index is 12.4. The van der Waals surface area contributed by atoms with Gasteiger partial charge in [0.25, 0.3) is 5.91 Å². The van der Waals surface area contributed by atoms with E-state index in [2.05, 4.69) is 29.5 Å². The first kappa shape index (κ1) is 14.8. The summed E-state index contributed by atoms with van der Waals surface area (Å²) in [6, 6.07) is 11.9. The highest BCUT2D eigenvalue weighted by Crippen LogP contribution is 2.27. The third-order valence-electron chi connectivity index (χ3n) is 3.95. The lowest BCUT2D eigenvalue weighted by Gasteiger charge is -2.02. The minimum Gasteiger partial charge on any atom is -0.304 e. The van der Waals surface area contributed by atoms with Crippen LogP contribution in [0.25, 0.3) is 21.9 Å². The maximum absolute atomic E-state index is 12.4. The summed E-state index contributed by atoms with van der Waals surface area (Å²) in [6.45, 7) is 4.75. The summed E-state index contributed by atoms with van der Waals surface area (Å²) >= 11 is 1.41. The molecular weight excluding hydrogens is 320 g/mol. The summed E-state index contributed by atoms with van der Waals surface area (Å²) in [5.74, 6) is 0.414. The Kier molecular flexibility index (Phi) is 3.54. The van der Waals surface area contributed by atoms with E-state index in [0.717, 1.165) is 21.9 Å². The van der Waals surface area contributed by atoms with Crippen LogP contribution in [0.15, 0.2) is 41.8 Å². The molecule has 3 aromatic heterocycles. The number of fused-ring (bicyclic) bond motifs is 2. The highest BCUT2D eigenvalue weighted by molar-refractivity contribution is 7.12. The highest BCUT2D eigenvalue weighted by Gasteiger charge is 2.16. The fourth-order valence-electron chi connectivity index (χ4n) is 2.75. The average Bonchev–Trinajstić information content (AvgIpc) is 3.21. The van der Waals surface area contributed by atoms with Gasteiger partial charge in [0.15, 0.2) is 11.5 Å². The highest BCUT2D eigenvalue weighted by atomic mass is 32.1. The second-order valence-corrected chi connectivity index (χ2v) is 6.60. The van der Waals surface area contributed by atoms with Crippen LogP contribution < -0.4 is 5.32 Å².